The van der Waals surface area contributed by atoms with Crippen LogP contribution in [0.5, 0.6) is 0 Å². The highest BCUT2D eigenvalue weighted by Crippen LogP contribution is 2.34. The summed E-state index contributed by atoms with van der Waals surface area (Å²) in [5.74, 6) is -1.25. The van der Waals surface area contributed by atoms with E-state index in [1.807, 2.05) is 0 Å². The number of aliphatic hydroxyl groups excluding tert-OH is 1. The molecule has 21 heavy (non-hydrogen) atoms. The number of anilines is 1. The molecule has 3 N–H and O–H groups in total. The second-order valence-corrected chi connectivity index (χ2v) is 4.52. The Morgan fingerprint density at radius 2 is 1.95 bits per heavy atom. The second kappa shape index (κ2) is 5.69. The van der Waals surface area contributed by atoms with Crippen LogP contribution in [0.1, 0.15) is 22.8 Å². The van der Waals surface area contributed by atoms with Gasteiger partial charge < -0.3 is 10.8 Å². The molecule has 2 rings (SSSR count). The quantitative estimate of drug-likeness (QED) is 0.856. The Morgan fingerprint density at radius 3 is 2.57 bits per heavy atom. The number of benzene rings is 1. The van der Waals surface area contributed by atoms with Crippen molar-refractivity contribution in [3.63, 3.8) is 0 Å². The lowest BCUT2D eigenvalue weighted by atomic mass is 9.99. The topological polar surface area (TPSA) is 59.1 Å². The van der Waals surface area contributed by atoms with Gasteiger partial charge in [-0.05, 0) is 23.8 Å². The Hall–Kier alpha value is -2.15. The van der Waals surface area contributed by atoms with Gasteiger partial charge in [-0.3, -0.25) is 0 Å². The van der Waals surface area contributed by atoms with Crippen molar-refractivity contribution in [2.45, 2.75) is 18.7 Å². The normalized spacial score (nSPS) is 13.2. The lowest BCUT2D eigenvalue weighted by molar-refractivity contribution is -0.140. The number of hydrogen-bond acceptors (Lipinski definition) is 3. The van der Waals surface area contributed by atoms with Gasteiger partial charge in [0, 0.05) is 18.2 Å². The molecule has 1 aromatic carbocycles. The van der Waals surface area contributed by atoms with Crippen molar-refractivity contribution in [2.75, 3.05) is 5.73 Å². The summed E-state index contributed by atoms with van der Waals surface area (Å²) in [7, 11) is 0. The van der Waals surface area contributed by atoms with Crippen LogP contribution in [0.25, 0.3) is 0 Å². The minimum atomic E-state index is -4.80. The maximum Gasteiger partial charge on any atom is 0.419 e. The number of nitrogen functional groups attached to an aromatic ring is 1. The van der Waals surface area contributed by atoms with Gasteiger partial charge in [0.1, 0.15) is 11.6 Å². The first-order valence-electron chi connectivity index (χ1n) is 6.03. The summed E-state index contributed by atoms with van der Waals surface area (Å²) in [4.78, 5) is 3.76. The van der Waals surface area contributed by atoms with Crippen LogP contribution in [-0.4, -0.2) is 10.1 Å². The zero-order chi connectivity index (χ0) is 15.6. The van der Waals surface area contributed by atoms with Crippen molar-refractivity contribution >= 4 is 5.82 Å². The minimum absolute atomic E-state index is 0.0645. The third kappa shape index (κ3) is 3.49. The highest BCUT2D eigenvalue weighted by Gasteiger charge is 2.35. The molecule has 0 saturated heterocycles. The first-order chi connectivity index (χ1) is 9.79. The lowest BCUT2D eigenvalue weighted by Gasteiger charge is -2.15. The zero-order valence-electron chi connectivity index (χ0n) is 10.7. The fourth-order valence-electron chi connectivity index (χ4n) is 1.98. The molecule has 2 aromatic rings. The third-order valence-corrected chi connectivity index (χ3v) is 2.97. The molecule has 0 bridgehead atoms. The van der Waals surface area contributed by atoms with E-state index in [9.17, 15) is 22.7 Å². The number of nitrogens with zero attached hydrogens (tertiary/aromatic N) is 1. The summed E-state index contributed by atoms with van der Waals surface area (Å²) in [5.41, 5.74) is 4.22. The van der Waals surface area contributed by atoms with Crippen LogP contribution in [0.3, 0.4) is 0 Å². The third-order valence-electron chi connectivity index (χ3n) is 2.97. The van der Waals surface area contributed by atoms with Gasteiger partial charge in [-0.2, -0.15) is 13.2 Å². The predicted octanol–water partition coefficient (Wildman–Crippen LogP) is 3.10. The van der Waals surface area contributed by atoms with Gasteiger partial charge in [-0.1, -0.05) is 12.1 Å². The van der Waals surface area contributed by atoms with Gasteiger partial charge >= 0.3 is 6.18 Å². The first kappa shape index (κ1) is 15.2. The summed E-state index contributed by atoms with van der Waals surface area (Å²) in [6, 6.07) is 5.83. The Labute approximate surface area is 118 Å². The molecule has 0 aliphatic heterocycles. The Morgan fingerprint density at radius 1 is 1.24 bits per heavy atom. The van der Waals surface area contributed by atoms with E-state index in [1.54, 1.807) is 6.07 Å². The van der Waals surface area contributed by atoms with Crippen LogP contribution in [0.2, 0.25) is 0 Å². The zero-order valence-corrected chi connectivity index (χ0v) is 10.7. The van der Waals surface area contributed by atoms with Crippen molar-refractivity contribution in [3.8, 4) is 0 Å². The average molecular weight is 300 g/mol. The molecule has 0 saturated carbocycles. The number of halogens is 4. The van der Waals surface area contributed by atoms with Gasteiger partial charge in [-0.25, -0.2) is 9.37 Å². The van der Waals surface area contributed by atoms with E-state index in [0.717, 1.165) is 12.1 Å². The molecule has 1 atom stereocenters. The van der Waals surface area contributed by atoms with Gasteiger partial charge in [0.25, 0.3) is 0 Å². The number of aromatic nitrogens is 1. The standard InChI is InChI=1S/C14H12F4N2O/c15-13-9(2-1-3-10(13)14(16,17)18)11(21)6-8-4-5-20-12(19)7-8/h1-5,7,11,21H,6H2,(H2,19,20). The van der Waals surface area contributed by atoms with Crippen LogP contribution in [0.4, 0.5) is 23.4 Å². The number of pyridine rings is 1. The minimum Gasteiger partial charge on any atom is -0.388 e. The van der Waals surface area contributed by atoms with Crippen LogP contribution in [0, 0.1) is 5.82 Å². The van der Waals surface area contributed by atoms with Gasteiger partial charge in [0.05, 0.1) is 11.7 Å². The number of aliphatic hydroxyl groups is 1. The monoisotopic (exact) mass is 300 g/mol. The van der Waals surface area contributed by atoms with E-state index >= 15 is 0 Å². The second-order valence-electron chi connectivity index (χ2n) is 4.52. The summed E-state index contributed by atoms with van der Waals surface area (Å²) >= 11 is 0. The van der Waals surface area contributed by atoms with E-state index < -0.39 is 29.2 Å². The fourth-order valence-corrected chi connectivity index (χ4v) is 1.98. The maximum absolute atomic E-state index is 13.9. The van der Waals surface area contributed by atoms with Crippen molar-refractivity contribution in [3.05, 3.63) is 59.0 Å². The van der Waals surface area contributed by atoms with Crippen molar-refractivity contribution in [1.82, 2.24) is 4.98 Å². The van der Waals surface area contributed by atoms with Crippen LogP contribution < -0.4 is 5.73 Å². The largest absolute Gasteiger partial charge is 0.419 e. The van der Waals surface area contributed by atoms with E-state index in [2.05, 4.69) is 4.98 Å². The van der Waals surface area contributed by atoms with E-state index in [-0.39, 0.29) is 12.2 Å². The Kier molecular flexibility index (Phi) is 4.13. The Balaban J connectivity index is 2.30. The maximum atomic E-state index is 13.9. The number of nitrogens with two attached hydrogens (primary N) is 1. The highest BCUT2D eigenvalue weighted by atomic mass is 19.4. The Bertz CT molecular complexity index is 643. The fraction of sp³-hybridized carbons (Fsp3) is 0.214. The van der Waals surface area contributed by atoms with Crippen LogP contribution in [-0.2, 0) is 12.6 Å². The predicted molar refractivity (Wildman–Crippen MR) is 68.7 cm³/mol. The summed E-state index contributed by atoms with van der Waals surface area (Å²) in [6.07, 6.45) is -4.87. The smallest absolute Gasteiger partial charge is 0.388 e. The molecule has 0 aliphatic rings. The molecule has 0 radical (unpaired) electrons. The molecule has 1 aromatic heterocycles. The summed E-state index contributed by atoms with van der Waals surface area (Å²) < 4.78 is 51.8. The van der Waals surface area contributed by atoms with Gasteiger partial charge in [-0.15, -0.1) is 0 Å². The van der Waals surface area contributed by atoms with Crippen molar-refractivity contribution < 1.29 is 22.7 Å². The molecule has 112 valence electrons. The summed E-state index contributed by atoms with van der Waals surface area (Å²) in [6.45, 7) is 0. The molecule has 3 nitrogen and oxygen atoms in total. The van der Waals surface area contributed by atoms with Crippen LogP contribution in [0.15, 0.2) is 36.5 Å². The molecule has 0 aliphatic carbocycles. The highest BCUT2D eigenvalue weighted by molar-refractivity contribution is 5.34. The molecule has 1 heterocycles. The number of hydrogen-bond donors (Lipinski definition) is 2. The molecule has 0 amide bonds. The molecule has 7 heteroatoms. The molecular weight excluding hydrogens is 288 g/mol. The SMILES string of the molecule is Nc1cc(CC(O)c2cccc(C(F)(F)F)c2F)ccn1. The van der Waals surface area contributed by atoms with E-state index in [1.165, 1.54) is 12.3 Å². The van der Waals surface area contributed by atoms with Crippen LogP contribution >= 0.6 is 0 Å². The average Bonchev–Trinajstić information content (AvgIpc) is 2.37. The van der Waals surface area contributed by atoms with Gasteiger partial charge in [0.15, 0.2) is 0 Å². The van der Waals surface area contributed by atoms with E-state index in [4.69, 9.17) is 5.73 Å². The summed E-state index contributed by atoms with van der Waals surface area (Å²) in [5, 5.41) is 9.97. The number of rotatable bonds is 3. The van der Waals surface area contributed by atoms with Gasteiger partial charge in [0.2, 0.25) is 0 Å². The molecule has 0 fully saturated rings. The lowest BCUT2D eigenvalue weighted by Crippen LogP contribution is -2.12. The van der Waals surface area contributed by atoms with Crippen molar-refractivity contribution in [1.29, 1.82) is 0 Å². The molecular formula is C14H12F4N2O. The first-order valence-corrected chi connectivity index (χ1v) is 6.03. The molecule has 1 unspecified atom stereocenters. The number of alkyl halides is 3. The van der Waals surface area contributed by atoms with E-state index in [0.29, 0.717) is 11.6 Å². The van der Waals surface area contributed by atoms with Crippen molar-refractivity contribution in [2.24, 2.45) is 0 Å². The molecule has 0 spiro atoms.